The number of nitrogens with zero attached hydrogens (tertiary/aromatic N) is 2. The van der Waals surface area contributed by atoms with Crippen LogP contribution >= 0.6 is 24.0 Å². The number of para-hydroxylation sites is 2. The third kappa shape index (κ3) is 6.51. The van der Waals surface area contributed by atoms with Gasteiger partial charge >= 0.3 is 0 Å². The number of guanidine groups is 1. The van der Waals surface area contributed by atoms with Gasteiger partial charge in [-0.25, -0.2) is 0 Å². The van der Waals surface area contributed by atoms with Crippen LogP contribution in [0.5, 0.6) is 11.5 Å². The summed E-state index contributed by atoms with van der Waals surface area (Å²) in [5.41, 5.74) is 1.80. The van der Waals surface area contributed by atoms with Gasteiger partial charge < -0.3 is 25.0 Å². The minimum Gasteiger partial charge on any atom is -0.486 e. The van der Waals surface area contributed by atoms with E-state index in [-0.39, 0.29) is 36.0 Å². The number of ether oxygens (including phenoxy) is 2. The fraction of sp³-hybridized carbons (Fsp3) is 0.364. The first-order chi connectivity index (χ1) is 14.1. The Hall–Kier alpha value is -2.49. The van der Waals surface area contributed by atoms with Crippen molar-refractivity contribution in [3.63, 3.8) is 0 Å². The maximum Gasteiger partial charge on any atom is 0.253 e. The predicted octanol–water partition coefficient (Wildman–Crippen LogP) is 2.55. The zero-order valence-electron chi connectivity index (χ0n) is 17.6. The summed E-state index contributed by atoms with van der Waals surface area (Å²) in [6.45, 7) is 1.78. The van der Waals surface area contributed by atoms with Gasteiger partial charge in [0.15, 0.2) is 17.5 Å². The molecule has 2 aromatic carbocycles. The van der Waals surface area contributed by atoms with E-state index in [0.29, 0.717) is 31.2 Å². The first-order valence-corrected chi connectivity index (χ1v) is 9.70. The quantitative estimate of drug-likeness (QED) is 0.345. The van der Waals surface area contributed by atoms with Crippen LogP contribution in [0, 0.1) is 0 Å². The van der Waals surface area contributed by atoms with Crippen molar-refractivity contribution in [1.82, 2.24) is 15.5 Å². The topological polar surface area (TPSA) is 75.2 Å². The van der Waals surface area contributed by atoms with E-state index < -0.39 is 0 Å². The highest BCUT2D eigenvalue weighted by molar-refractivity contribution is 14.0. The second kappa shape index (κ2) is 11.6. The van der Waals surface area contributed by atoms with Crippen molar-refractivity contribution < 1.29 is 14.3 Å². The normalized spacial score (nSPS) is 15.0. The lowest BCUT2D eigenvalue weighted by Gasteiger charge is -2.27. The molecule has 30 heavy (non-hydrogen) atoms. The van der Waals surface area contributed by atoms with Crippen LogP contribution in [0.2, 0.25) is 0 Å². The van der Waals surface area contributed by atoms with Gasteiger partial charge in [0.1, 0.15) is 12.7 Å². The highest BCUT2D eigenvalue weighted by atomic mass is 127. The smallest absolute Gasteiger partial charge is 0.253 e. The number of fused-ring (bicyclic) bond motifs is 1. The molecule has 162 valence electrons. The van der Waals surface area contributed by atoms with E-state index in [9.17, 15) is 4.79 Å². The number of benzene rings is 2. The number of rotatable bonds is 6. The number of carbonyl (C=O) groups is 1. The molecule has 7 nitrogen and oxygen atoms in total. The van der Waals surface area contributed by atoms with Crippen molar-refractivity contribution in [2.75, 3.05) is 40.8 Å². The molecule has 1 unspecified atom stereocenters. The van der Waals surface area contributed by atoms with E-state index in [1.165, 1.54) is 0 Å². The van der Waals surface area contributed by atoms with E-state index >= 15 is 0 Å². The average Bonchev–Trinajstić information content (AvgIpc) is 2.75. The standard InChI is InChI=1S/C22H28N4O3.HI/c1-23-22(25-14-18-15-28-19-9-4-5-10-20(19)29-18)24-12-11-16-7-6-8-17(13-16)21(27)26(2)3;/h4-10,13,18H,11-12,14-15H2,1-3H3,(H2,23,24,25);1H. The van der Waals surface area contributed by atoms with Crippen molar-refractivity contribution in [1.29, 1.82) is 0 Å². The molecule has 0 radical (unpaired) electrons. The van der Waals surface area contributed by atoms with Crippen LogP contribution in [-0.4, -0.2) is 63.7 Å². The summed E-state index contributed by atoms with van der Waals surface area (Å²) in [5.74, 6) is 2.25. The highest BCUT2D eigenvalue weighted by Crippen LogP contribution is 2.30. The zero-order chi connectivity index (χ0) is 20.6. The SMILES string of the molecule is CN=C(NCCc1cccc(C(=O)N(C)C)c1)NCC1COc2ccccc2O1.I. The number of hydrogen-bond acceptors (Lipinski definition) is 4. The summed E-state index contributed by atoms with van der Waals surface area (Å²) in [6, 6.07) is 15.4. The van der Waals surface area contributed by atoms with Gasteiger partial charge in [0.05, 0.1) is 6.54 Å². The Balaban J connectivity index is 0.00000320. The number of amides is 1. The molecule has 0 bridgehead atoms. The van der Waals surface area contributed by atoms with E-state index in [4.69, 9.17) is 9.47 Å². The summed E-state index contributed by atoms with van der Waals surface area (Å²) in [6.07, 6.45) is 0.697. The Kier molecular flexibility index (Phi) is 9.22. The second-order valence-corrected chi connectivity index (χ2v) is 7.03. The van der Waals surface area contributed by atoms with Crippen molar-refractivity contribution in [2.24, 2.45) is 4.99 Å². The Morgan fingerprint density at radius 1 is 1.13 bits per heavy atom. The lowest BCUT2D eigenvalue weighted by atomic mass is 10.1. The molecule has 2 aromatic rings. The summed E-state index contributed by atoms with van der Waals surface area (Å²) in [4.78, 5) is 17.9. The molecule has 3 rings (SSSR count). The molecule has 1 atom stereocenters. The predicted molar refractivity (Wildman–Crippen MR) is 129 cm³/mol. The fourth-order valence-electron chi connectivity index (χ4n) is 3.04. The highest BCUT2D eigenvalue weighted by Gasteiger charge is 2.20. The molecule has 1 aliphatic heterocycles. The van der Waals surface area contributed by atoms with Gasteiger partial charge in [-0.05, 0) is 36.2 Å². The van der Waals surface area contributed by atoms with E-state index in [1.54, 1.807) is 26.0 Å². The molecule has 0 fully saturated rings. The van der Waals surface area contributed by atoms with Crippen molar-refractivity contribution >= 4 is 35.8 Å². The Morgan fingerprint density at radius 2 is 1.90 bits per heavy atom. The summed E-state index contributed by atoms with van der Waals surface area (Å²) in [7, 11) is 5.25. The van der Waals surface area contributed by atoms with E-state index in [0.717, 1.165) is 23.5 Å². The first kappa shape index (κ1) is 23.8. The zero-order valence-corrected chi connectivity index (χ0v) is 19.9. The van der Waals surface area contributed by atoms with Crippen LogP contribution < -0.4 is 20.1 Å². The maximum absolute atomic E-state index is 12.1. The molecule has 0 spiro atoms. The molecule has 0 saturated carbocycles. The first-order valence-electron chi connectivity index (χ1n) is 9.70. The Bertz CT molecular complexity index is 873. The molecule has 1 heterocycles. The van der Waals surface area contributed by atoms with Crippen molar-refractivity contribution in [3.8, 4) is 11.5 Å². The Morgan fingerprint density at radius 3 is 2.63 bits per heavy atom. The van der Waals surface area contributed by atoms with E-state index in [2.05, 4.69) is 15.6 Å². The van der Waals surface area contributed by atoms with Gasteiger partial charge in [-0.3, -0.25) is 9.79 Å². The fourth-order valence-corrected chi connectivity index (χ4v) is 3.04. The second-order valence-electron chi connectivity index (χ2n) is 7.03. The van der Waals surface area contributed by atoms with Crippen LogP contribution in [-0.2, 0) is 6.42 Å². The summed E-state index contributed by atoms with van der Waals surface area (Å²) in [5, 5.41) is 6.57. The van der Waals surface area contributed by atoms with Crippen molar-refractivity contribution in [3.05, 3.63) is 59.7 Å². The summed E-state index contributed by atoms with van der Waals surface area (Å²) < 4.78 is 11.7. The van der Waals surface area contributed by atoms with Crippen LogP contribution in [0.4, 0.5) is 0 Å². The number of hydrogen-bond donors (Lipinski definition) is 2. The minimum absolute atomic E-state index is 0. The Labute approximate surface area is 194 Å². The van der Waals surface area contributed by atoms with E-state index in [1.807, 2.05) is 48.5 Å². The largest absolute Gasteiger partial charge is 0.486 e. The number of halogens is 1. The molecule has 2 N–H and O–H groups in total. The molecule has 1 amide bonds. The van der Waals surface area contributed by atoms with Crippen molar-refractivity contribution in [2.45, 2.75) is 12.5 Å². The molecule has 1 aliphatic rings. The minimum atomic E-state index is -0.0859. The lowest BCUT2D eigenvalue weighted by molar-refractivity contribution is 0.0827. The molecule has 0 aromatic heterocycles. The molecule has 0 saturated heterocycles. The van der Waals surface area contributed by atoms with Crippen LogP contribution in [0.25, 0.3) is 0 Å². The monoisotopic (exact) mass is 524 g/mol. The third-order valence-electron chi connectivity index (χ3n) is 4.57. The van der Waals surface area contributed by atoms with Gasteiger partial charge in [-0.15, -0.1) is 24.0 Å². The third-order valence-corrected chi connectivity index (χ3v) is 4.57. The van der Waals surface area contributed by atoms with Gasteiger partial charge in [0.25, 0.3) is 5.91 Å². The molecule has 0 aliphatic carbocycles. The average molecular weight is 524 g/mol. The maximum atomic E-state index is 12.1. The molecule has 8 heteroatoms. The van der Waals surface area contributed by atoms with Crippen LogP contribution in [0.15, 0.2) is 53.5 Å². The van der Waals surface area contributed by atoms with Gasteiger partial charge in [0.2, 0.25) is 0 Å². The van der Waals surface area contributed by atoms with Crippen LogP contribution in [0.1, 0.15) is 15.9 Å². The number of aliphatic imine (C=N–C) groups is 1. The molecular formula is C22H29IN4O3. The number of carbonyl (C=O) groups excluding carboxylic acids is 1. The summed E-state index contributed by atoms with van der Waals surface area (Å²) >= 11 is 0. The number of nitrogens with one attached hydrogen (secondary N) is 2. The lowest BCUT2D eigenvalue weighted by Crippen LogP contribution is -2.45. The molecular weight excluding hydrogens is 495 g/mol. The van der Waals surface area contributed by atoms with Gasteiger partial charge in [-0.1, -0.05) is 24.3 Å². The van der Waals surface area contributed by atoms with Gasteiger partial charge in [-0.2, -0.15) is 0 Å². The van der Waals surface area contributed by atoms with Gasteiger partial charge in [0, 0.05) is 33.3 Å². The van der Waals surface area contributed by atoms with Crippen LogP contribution in [0.3, 0.4) is 0 Å².